The van der Waals surface area contributed by atoms with Crippen LogP contribution in [0.5, 0.6) is 0 Å². The minimum Gasteiger partial charge on any atom is -0.480 e. The van der Waals surface area contributed by atoms with Crippen molar-refractivity contribution >= 4 is 47.3 Å². The Balaban J connectivity index is 5.34. The van der Waals surface area contributed by atoms with E-state index in [2.05, 4.69) is 20.9 Å². The summed E-state index contributed by atoms with van der Waals surface area (Å²) in [7, 11) is 0. The summed E-state index contributed by atoms with van der Waals surface area (Å²) >= 11 is 1.44. The van der Waals surface area contributed by atoms with Gasteiger partial charge >= 0.3 is 5.97 Å². The molecule has 200 valence electrons. The van der Waals surface area contributed by atoms with Crippen molar-refractivity contribution in [1.29, 1.82) is 0 Å². The maximum absolute atomic E-state index is 12.9. The number of guanidine groups is 1. The number of thioether (sulfide) groups is 1. The summed E-state index contributed by atoms with van der Waals surface area (Å²) in [5, 5.41) is 16.9. The Kier molecular flexibility index (Phi) is 15.1. The van der Waals surface area contributed by atoms with E-state index < -0.39 is 59.7 Å². The molecule has 35 heavy (non-hydrogen) atoms. The molecule has 0 aliphatic rings. The Morgan fingerprint density at radius 3 is 2.00 bits per heavy atom. The van der Waals surface area contributed by atoms with Gasteiger partial charge in [-0.2, -0.15) is 11.8 Å². The molecule has 4 unspecified atom stereocenters. The molecule has 12 N–H and O–H groups in total. The van der Waals surface area contributed by atoms with Crippen LogP contribution < -0.4 is 38.9 Å². The molecule has 0 spiro atoms. The molecule has 0 aromatic carbocycles. The second-order valence-electron chi connectivity index (χ2n) is 8.20. The van der Waals surface area contributed by atoms with Crippen molar-refractivity contribution in [2.75, 3.05) is 18.6 Å². The van der Waals surface area contributed by atoms with Gasteiger partial charge in [-0.25, -0.2) is 4.79 Å². The molecular weight excluding hydrogens is 480 g/mol. The summed E-state index contributed by atoms with van der Waals surface area (Å²) in [6.07, 6.45) is 2.04. The highest BCUT2D eigenvalue weighted by atomic mass is 32.2. The van der Waals surface area contributed by atoms with E-state index in [4.69, 9.17) is 22.9 Å². The molecule has 0 heterocycles. The first-order chi connectivity index (χ1) is 16.3. The van der Waals surface area contributed by atoms with Gasteiger partial charge in [-0.3, -0.25) is 24.2 Å². The van der Waals surface area contributed by atoms with E-state index in [0.717, 1.165) is 0 Å². The highest BCUT2D eigenvalue weighted by Crippen LogP contribution is 2.08. The van der Waals surface area contributed by atoms with Crippen LogP contribution in [0.2, 0.25) is 0 Å². The third-order valence-electron chi connectivity index (χ3n) is 4.81. The summed E-state index contributed by atoms with van der Waals surface area (Å²) in [6, 6.07) is -4.54. The number of carbonyl (C=O) groups is 5. The number of nitrogens with zero attached hydrogens (tertiary/aromatic N) is 1. The van der Waals surface area contributed by atoms with E-state index >= 15 is 0 Å². The third kappa shape index (κ3) is 13.4. The molecule has 0 aromatic heterocycles. The van der Waals surface area contributed by atoms with Crippen molar-refractivity contribution in [3.8, 4) is 0 Å². The number of aliphatic carboxylic acids is 1. The standard InChI is InChI=1S/C20H38N8O6S/c1-10(2)15(18(32)27-13(19(33)34)5-4-7-25-20(23)24)28-17(31)12(6-8-35-3)26-16(30)11(21)9-14(22)29/h10-13,15H,4-9,21H2,1-3H3,(H2,22,29)(H,26,30)(H,27,32)(H,28,31)(H,33,34)(H4,23,24,25). The first-order valence-corrected chi connectivity index (χ1v) is 12.4. The highest BCUT2D eigenvalue weighted by Gasteiger charge is 2.31. The first-order valence-electron chi connectivity index (χ1n) is 11.0. The van der Waals surface area contributed by atoms with Crippen LogP contribution >= 0.6 is 11.8 Å². The number of carboxylic acids is 1. The number of carbonyl (C=O) groups excluding carboxylic acids is 4. The molecule has 0 saturated carbocycles. The Morgan fingerprint density at radius 1 is 0.914 bits per heavy atom. The molecule has 15 heteroatoms. The van der Waals surface area contributed by atoms with E-state index in [0.29, 0.717) is 12.2 Å². The Morgan fingerprint density at radius 2 is 1.51 bits per heavy atom. The Labute approximate surface area is 208 Å². The molecular formula is C20H38N8O6S. The topological polar surface area (TPSA) is 258 Å². The zero-order valence-corrected chi connectivity index (χ0v) is 21.1. The minimum atomic E-state index is -1.24. The van der Waals surface area contributed by atoms with Crippen molar-refractivity contribution < 1.29 is 29.1 Å². The van der Waals surface area contributed by atoms with E-state index in [-0.39, 0.29) is 31.8 Å². The predicted octanol–water partition coefficient (Wildman–Crippen LogP) is -2.81. The molecule has 0 radical (unpaired) electrons. The quantitative estimate of drug-likeness (QED) is 0.0556. The van der Waals surface area contributed by atoms with Gasteiger partial charge in [0.15, 0.2) is 5.96 Å². The van der Waals surface area contributed by atoms with E-state index in [9.17, 15) is 29.1 Å². The fourth-order valence-electron chi connectivity index (χ4n) is 2.90. The number of primary amides is 1. The molecule has 4 atom stereocenters. The molecule has 14 nitrogen and oxygen atoms in total. The van der Waals surface area contributed by atoms with Crippen molar-refractivity contribution in [3.05, 3.63) is 0 Å². The van der Waals surface area contributed by atoms with Crippen LogP contribution in [0.15, 0.2) is 4.99 Å². The Hall–Kier alpha value is -3.07. The molecule has 0 aromatic rings. The van der Waals surface area contributed by atoms with Crippen molar-refractivity contribution in [1.82, 2.24) is 16.0 Å². The van der Waals surface area contributed by atoms with E-state index in [1.165, 1.54) is 11.8 Å². The monoisotopic (exact) mass is 518 g/mol. The fourth-order valence-corrected chi connectivity index (χ4v) is 3.38. The zero-order chi connectivity index (χ0) is 27.1. The molecule has 0 aliphatic carbocycles. The number of nitrogens with two attached hydrogens (primary N) is 4. The number of carboxylic acid groups (broad SMARTS) is 1. The van der Waals surface area contributed by atoms with Crippen LogP contribution in [-0.4, -0.2) is 83.4 Å². The van der Waals surface area contributed by atoms with Gasteiger partial charge in [0.05, 0.1) is 12.5 Å². The lowest BCUT2D eigenvalue weighted by atomic mass is 10.0. The fraction of sp³-hybridized carbons (Fsp3) is 0.700. The molecule has 0 saturated heterocycles. The summed E-state index contributed by atoms with van der Waals surface area (Å²) in [6.45, 7) is 3.55. The maximum atomic E-state index is 12.9. The van der Waals surface area contributed by atoms with Crippen LogP contribution in [-0.2, 0) is 24.0 Å². The number of hydrogen-bond donors (Lipinski definition) is 8. The Bertz CT molecular complexity index is 775. The maximum Gasteiger partial charge on any atom is 0.326 e. The molecule has 0 bridgehead atoms. The summed E-state index contributed by atoms with van der Waals surface area (Å²) < 4.78 is 0. The summed E-state index contributed by atoms with van der Waals surface area (Å²) in [4.78, 5) is 64.5. The van der Waals surface area contributed by atoms with Crippen molar-refractivity contribution in [2.45, 2.75) is 63.7 Å². The van der Waals surface area contributed by atoms with Gasteiger partial charge in [-0.15, -0.1) is 0 Å². The first kappa shape index (κ1) is 31.9. The van der Waals surface area contributed by atoms with Crippen molar-refractivity contribution in [2.24, 2.45) is 33.8 Å². The normalized spacial score (nSPS) is 14.2. The summed E-state index contributed by atoms with van der Waals surface area (Å²) in [5.74, 6) is -4.09. The molecule has 0 rings (SSSR count). The van der Waals surface area contributed by atoms with Gasteiger partial charge in [-0.1, -0.05) is 13.8 Å². The highest BCUT2D eigenvalue weighted by molar-refractivity contribution is 7.98. The largest absolute Gasteiger partial charge is 0.480 e. The average Bonchev–Trinajstić information content (AvgIpc) is 2.75. The van der Waals surface area contributed by atoms with E-state index in [1.807, 2.05) is 6.26 Å². The molecule has 4 amide bonds. The number of hydrogen-bond acceptors (Lipinski definition) is 8. The van der Waals surface area contributed by atoms with Gasteiger partial charge in [0.2, 0.25) is 23.6 Å². The van der Waals surface area contributed by atoms with Gasteiger partial charge in [-0.05, 0) is 37.2 Å². The van der Waals surface area contributed by atoms with Crippen molar-refractivity contribution in [3.63, 3.8) is 0 Å². The van der Waals surface area contributed by atoms with Gasteiger partial charge in [0.25, 0.3) is 0 Å². The third-order valence-corrected chi connectivity index (χ3v) is 5.45. The lowest BCUT2D eigenvalue weighted by Crippen LogP contribution is -2.58. The molecule has 0 fully saturated rings. The van der Waals surface area contributed by atoms with E-state index in [1.54, 1.807) is 13.8 Å². The number of nitrogens with one attached hydrogen (secondary N) is 3. The van der Waals surface area contributed by atoms with Gasteiger partial charge in [0, 0.05) is 6.54 Å². The predicted molar refractivity (Wildman–Crippen MR) is 133 cm³/mol. The lowest BCUT2D eigenvalue weighted by Gasteiger charge is -2.27. The minimum absolute atomic E-state index is 0.0702. The van der Waals surface area contributed by atoms with Gasteiger partial charge in [0.1, 0.15) is 18.1 Å². The number of rotatable bonds is 17. The van der Waals surface area contributed by atoms with Crippen LogP contribution in [0.4, 0.5) is 0 Å². The zero-order valence-electron chi connectivity index (χ0n) is 20.3. The smallest absolute Gasteiger partial charge is 0.326 e. The second kappa shape index (κ2) is 16.5. The van der Waals surface area contributed by atoms with Gasteiger partial charge < -0.3 is 44.0 Å². The SMILES string of the molecule is CSCCC(NC(=O)C(N)CC(N)=O)C(=O)NC(C(=O)NC(CCCN=C(N)N)C(=O)O)C(C)C. The average molecular weight is 519 g/mol. The van der Waals surface area contributed by atoms with Crippen LogP contribution in [0.1, 0.15) is 39.5 Å². The van der Waals surface area contributed by atoms with Crippen LogP contribution in [0, 0.1) is 5.92 Å². The van der Waals surface area contributed by atoms with Crippen LogP contribution in [0.3, 0.4) is 0 Å². The van der Waals surface area contributed by atoms with Crippen LogP contribution in [0.25, 0.3) is 0 Å². The number of amides is 4. The lowest BCUT2D eigenvalue weighted by molar-refractivity contribution is -0.142. The summed E-state index contributed by atoms with van der Waals surface area (Å²) in [5.41, 5.74) is 21.2. The molecule has 0 aliphatic heterocycles. The second-order valence-corrected chi connectivity index (χ2v) is 9.18. The number of aliphatic imine (C=N–C) groups is 1.